The van der Waals surface area contributed by atoms with Gasteiger partial charge in [0.2, 0.25) is 0 Å². The van der Waals surface area contributed by atoms with E-state index in [-0.39, 0.29) is 6.04 Å². The predicted octanol–water partition coefficient (Wildman–Crippen LogP) is 3.21. The maximum atomic E-state index is 6.25. The van der Waals surface area contributed by atoms with E-state index in [0.717, 1.165) is 30.8 Å². The molecule has 0 aliphatic heterocycles. The zero-order valence-electron chi connectivity index (χ0n) is 12.7. The van der Waals surface area contributed by atoms with E-state index in [1.165, 1.54) is 11.1 Å². The van der Waals surface area contributed by atoms with Gasteiger partial charge >= 0.3 is 0 Å². The molecule has 0 fully saturated rings. The molecule has 0 spiro atoms. The number of benzene rings is 2. The number of nitrogens with two attached hydrogens (primary N) is 1. The molecule has 2 rings (SSSR count). The minimum atomic E-state index is 0.128. The normalized spacial score (nSPS) is 12.0. The molecule has 2 N–H and O–H groups in total. The van der Waals surface area contributed by atoms with E-state index >= 15 is 0 Å². The molecule has 0 aliphatic rings. The lowest BCUT2D eigenvalue weighted by Gasteiger charge is -2.14. The molecule has 3 heteroatoms. The van der Waals surface area contributed by atoms with Crippen LogP contribution in [0.5, 0.6) is 11.5 Å². The van der Waals surface area contributed by atoms with Crippen molar-refractivity contribution in [3.8, 4) is 11.5 Å². The Morgan fingerprint density at radius 3 is 2.33 bits per heavy atom. The minimum absolute atomic E-state index is 0.128. The average molecular weight is 285 g/mol. The molecular weight excluding hydrogens is 262 g/mol. The van der Waals surface area contributed by atoms with Crippen molar-refractivity contribution in [1.29, 1.82) is 0 Å². The van der Waals surface area contributed by atoms with Crippen LogP contribution in [0.25, 0.3) is 0 Å². The van der Waals surface area contributed by atoms with Crippen LogP contribution in [-0.2, 0) is 12.8 Å². The number of methoxy groups -OCH3 is 2. The molecule has 0 bridgehead atoms. The summed E-state index contributed by atoms with van der Waals surface area (Å²) in [5.41, 5.74) is 8.71. The first-order valence-electron chi connectivity index (χ1n) is 7.23. The van der Waals surface area contributed by atoms with Crippen LogP contribution < -0.4 is 15.2 Å². The molecule has 0 aliphatic carbocycles. The molecule has 112 valence electrons. The van der Waals surface area contributed by atoms with Crippen molar-refractivity contribution in [2.75, 3.05) is 14.2 Å². The lowest BCUT2D eigenvalue weighted by atomic mass is 9.99. The summed E-state index contributed by atoms with van der Waals surface area (Å²) in [7, 11) is 3.37. The van der Waals surface area contributed by atoms with E-state index in [9.17, 15) is 0 Å². The third-order valence-electron chi connectivity index (χ3n) is 3.64. The first-order valence-corrected chi connectivity index (χ1v) is 7.23. The number of aryl methyl sites for hydroxylation is 1. The molecule has 1 unspecified atom stereocenters. The van der Waals surface area contributed by atoms with Crippen molar-refractivity contribution in [3.63, 3.8) is 0 Å². The fourth-order valence-electron chi connectivity index (χ4n) is 2.40. The van der Waals surface area contributed by atoms with Crippen LogP contribution in [-0.4, -0.2) is 20.3 Å². The number of rotatable bonds is 7. The number of ether oxygens (including phenoxy) is 2. The number of para-hydroxylation sites is 1. The van der Waals surface area contributed by atoms with E-state index in [1.54, 1.807) is 14.2 Å². The minimum Gasteiger partial charge on any atom is -0.497 e. The van der Waals surface area contributed by atoms with E-state index in [4.69, 9.17) is 15.2 Å². The zero-order chi connectivity index (χ0) is 15.1. The van der Waals surface area contributed by atoms with Crippen LogP contribution in [0.1, 0.15) is 17.5 Å². The van der Waals surface area contributed by atoms with Crippen molar-refractivity contribution in [2.24, 2.45) is 5.73 Å². The molecule has 0 heterocycles. The first-order chi connectivity index (χ1) is 10.2. The summed E-state index contributed by atoms with van der Waals surface area (Å²) in [6.45, 7) is 0. The van der Waals surface area contributed by atoms with Crippen LogP contribution in [0, 0.1) is 0 Å². The number of hydrogen-bond acceptors (Lipinski definition) is 3. The Labute approximate surface area is 126 Å². The standard InChI is InChI=1S/C18H23NO2/c1-20-17-11-8-14(9-12-17)7-10-16(19)13-15-5-3-4-6-18(15)21-2/h3-6,8-9,11-12,16H,7,10,13,19H2,1-2H3. The first kappa shape index (κ1) is 15.4. The summed E-state index contributed by atoms with van der Waals surface area (Å²) in [5.74, 6) is 1.80. The Kier molecular flexibility index (Phi) is 5.64. The Morgan fingerprint density at radius 2 is 1.67 bits per heavy atom. The van der Waals surface area contributed by atoms with Gasteiger partial charge in [0.25, 0.3) is 0 Å². The lowest BCUT2D eigenvalue weighted by molar-refractivity contribution is 0.407. The van der Waals surface area contributed by atoms with Gasteiger partial charge in [0, 0.05) is 6.04 Å². The number of hydrogen-bond donors (Lipinski definition) is 1. The van der Waals surface area contributed by atoms with Crippen LogP contribution in [0.15, 0.2) is 48.5 Å². The molecule has 0 saturated heterocycles. The topological polar surface area (TPSA) is 44.5 Å². The molecule has 2 aromatic rings. The SMILES string of the molecule is COc1ccc(CCC(N)Cc2ccccc2OC)cc1. The fourth-order valence-corrected chi connectivity index (χ4v) is 2.40. The second-order valence-corrected chi connectivity index (χ2v) is 5.16. The van der Waals surface area contributed by atoms with E-state index < -0.39 is 0 Å². The van der Waals surface area contributed by atoms with Gasteiger partial charge in [-0.1, -0.05) is 30.3 Å². The van der Waals surface area contributed by atoms with E-state index in [1.807, 2.05) is 30.3 Å². The molecule has 2 aromatic carbocycles. The third kappa shape index (κ3) is 4.50. The lowest BCUT2D eigenvalue weighted by Crippen LogP contribution is -2.23. The zero-order valence-corrected chi connectivity index (χ0v) is 12.7. The third-order valence-corrected chi connectivity index (χ3v) is 3.64. The monoisotopic (exact) mass is 285 g/mol. The molecule has 0 amide bonds. The quantitative estimate of drug-likeness (QED) is 0.849. The Balaban J connectivity index is 1.87. The van der Waals surface area contributed by atoms with Gasteiger partial charge < -0.3 is 15.2 Å². The van der Waals surface area contributed by atoms with Gasteiger partial charge in [0.05, 0.1) is 14.2 Å². The van der Waals surface area contributed by atoms with Crippen LogP contribution in [0.3, 0.4) is 0 Å². The summed E-state index contributed by atoms with van der Waals surface area (Å²) in [6, 6.07) is 16.3. The average Bonchev–Trinajstić information content (AvgIpc) is 2.54. The molecule has 3 nitrogen and oxygen atoms in total. The van der Waals surface area contributed by atoms with Gasteiger partial charge in [0.1, 0.15) is 11.5 Å². The molecule has 1 atom stereocenters. The highest BCUT2D eigenvalue weighted by Gasteiger charge is 2.08. The molecule has 0 aromatic heterocycles. The van der Waals surface area contributed by atoms with Crippen molar-refractivity contribution in [3.05, 3.63) is 59.7 Å². The van der Waals surface area contributed by atoms with Crippen LogP contribution >= 0.6 is 0 Å². The molecule has 21 heavy (non-hydrogen) atoms. The van der Waals surface area contributed by atoms with Gasteiger partial charge in [-0.3, -0.25) is 0 Å². The Hall–Kier alpha value is -2.00. The fraction of sp³-hybridized carbons (Fsp3) is 0.333. The smallest absolute Gasteiger partial charge is 0.122 e. The summed E-state index contributed by atoms with van der Waals surface area (Å²) in [6.07, 6.45) is 2.75. The van der Waals surface area contributed by atoms with Crippen molar-refractivity contribution in [1.82, 2.24) is 0 Å². The second kappa shape index (κ2) is 7.70. The highest BCUT2D eigenvalue weighted by atomic mass is 16.5. The van der Waals surface area contributed by atoms with E-state index in [0.29, 0.717) is 0 Å². The summed E-state index contributed by atoms with van der Waals surface area (Å²) < 4.78 is 10.5. The Morgan fingerprint density at radius 1 is 0.952 bits per heavy atom. The maximum Gasteiger partial charge on any atom is 0.122 e. The largest absolute Gasteiger partial charge is 0.497 e. The molecule has 0 radical (unpaired) electrons. The van der Waals surface area contributed by atoms with Gasteiger partial charge in [-0.15, -0.1) is 0 Å². The van der Waals surface area contributed by atoms with Crippen molar-refractivity contribution < 1.29 is 9.47 Å². The van der Waals surface area contributed by atoms with Gasteiger partial charge in [-0.2, -0.15) is 0 Å². The highest BCUT2D eigenvalue weighted by Crippen LogP contribution is 2.20. The summed E-state index contributed by atoms with van der Waals surface area (Å²) >= 11 is 0. The van der Waals surface area contributed by atoms with Crippen molar-refractivity contribution in [2.45, 2.75) is 25.3 Å². The molecule has 0 saturated carbocycles. The van der Waals surface area contributed by atoms with Crippen LogP contribution in [0.4, 0.5) is 0 Å². The Bertz CT molecular complexity index is 551. The van der Waals surface area contributed by atoms with Gasteiger partial charge in [-0.25, -0.2) is 0 Å². The summed E-state index contributed by atoms with van der Waals surface area (Å²) in [5, 5.41) is 0. The predicted molar refractivity (Wildman–Crippen MR) is 86.0 cm³/mol. The van der Waals surface area contributed by atoms with Gasteiger partial charge in [-0.05, 0) is 48.6 Å². The van der Waals surface area contributed by atoms with Gasteiger partial charge in [0.15, 0.2) is 0 Å². The second-order valence-electron chi connectivity index (χ2n) is 5.16. The van der Waals surface area contributed by atoms with Crippen LogP contribution in [0.2, 0.25) is 0 Å². The summed E-state index contributed by atoms with van der Waals surface area (Å²) in [4.78, 5) is 0. The van der Waals surface area contributed by atoms with Crippen molar-refractivity contribution >= 4 is 0 Å². The van der Waals surface area contributed by atoms with E-state index in [2.05, 4.69) is 18.2 Å². The maximum absolute atomic E-state index is 6.25. The highest BCUT2D eigenvalue weighted by molar-refractivity contribution is 5.34. The molecular formula is C18H23NO2.